The van der Waals surface area contributed by atoms with Gasteiger partial charge in [-0.25, -0.2) is 0 Å². The van der Waals surface area contributed by atoms with Crippen LogP contribution < -0.4 is 0 Å². The van der Waals surface area contributed by atoms with Gasteiger partial charge in [0, 0.05) is 12.3 Å². The Balaban J connectivity index is 2.13. The van der Waals surface area contributed by atoms with Gasteiger partial charge in [0.25, 0.3) is 0 Å². The summed E-state index contributed by atoms with van der Waals surface area (Å²) in [4.78, 5) is 12.3. The van der Waals surface area contributed by atoms with Crippen LogP contribution in [-0.2, 0) is 4.79 Å². The van der Waals surface area contributed by atoms with E-state index in [0.717, 1.165) is 6.42 Å². The second-order valence-corrected chi connectivity index (χ2v) is 7.59. The number of carbonyl (C=O) groups is 1. The van der Waals surface area contributed by atoms with Crippen LogP contribution in [0.25, 0.3) is 0 Å². The van der Waals surface area contributed by atoms with Crippen LogP contribution in [0.3, 0.4) is 0 Å². The smallest absolute Gasteiger partial charge is 0.164 e. The summed E-state index contributed by atoms with van der Waals surface area (Å²) in [5.74, 6) is 1.53. The molecule has 1 spiro atoms. The van der Waals surface area contributed by atoms with Crippen molar-refractivity contribution in [3.05, 3.63) is 0 Å². The summed E-state index contributed by atoms with van der Waals surface area (Å²) >= 11 is 0. The Kier molecular flexibility index (Phi) is 2.04. The van der Waals surface area contributed by atoms with E-state index in [-0.39, 0.29) is 22.5 Å². The summed E-state index contributed by atoms with van der Waals surface area (Å²) in [6, 6.07) is 0. The number of aliphatic hydroxyl groups is 1. The van der Waals surface area contributed by atoms with E-state index >= 15 is 0 Å². The maximum absolute atomic E-state index is 12.3. The van der Waals surface area contributed by atoms with Crippen molar-refractivity contribution in [3.63, 3.8) is 0 Å². The van der Waals surface area contributed by atoms with Gasteiger partial charge in [0.05, 0.1) is 0 Å². The summed E-state index contributed by atoms with van der Waals surface area (Å²) in [7, 11) is 0. The van der Waals surface area contributed by atoms with Gasteiger partial charge in [-0.2, -0.15) is 0 Å². The fourth-order valence-electron chi connectivity index (χ4n) is 5.64. The minimum atomic E-state index is -1.08. The van der Waals surface area contributed by atoms with Crippen LogP contribution >= 0.6 is 0 Å². The van der Waals surface area contributed by atoms with Crippen LogP contribution in [0.1, 0.15) is 53.4 Å². The predicted octanol–water partition coefficient (Wildman–Crippen LogP) is 2.79. The fraction of sp³-hybridized carbons (Fsp3) is 0.933. The largest absolute Gasteiger partial charge is 0.382 e. The van der Waals surface area contributed by atoms with E-state index in [2.05, 4.69) is 20.8 Å². The molecule has 3 aliphatic rings. The van der Waals surface area contributed by atoms with Crippen molar-refractivity contribution in [2.24, 2.45) is 28.6 Å². The molecule has 1 N–H and O–H groups in total. The molecule has 5 atom stereocenters. The molecule has 3 rings (SSSR count). The maximum Gasteiger partial charge on any atom is 0.164 e. The maximum atomic E-state index is 12.3. The van der Waals surface area contributed by atoms with Crippen LogP contribution in [0.5, 0.6) is 0 Å². The Hall–Kier alpha value is -0.370. The first-order valence-electron chi connectivity index (χ1n) is 6.98. The zero-order valence-electron chi connectivity index (χ0n) is 11.4. The molecule has 0 amide bonds. The normalized spacial score (nSPS) is 56.1. The highest BCUT2D eigenvalue weighted by atomic mass is 16.3. The van der Waals surface area contributed by atoms with Gasteiger partial charge < -0.3 is 5.11 Å². The lowest BCUT2D eigenvalue weighted by atomic mass is 9.63. The van der Waals surface area contributed by atoms with Crippen LogP contribution in [-0.4, -0.2) is 16.5 Å². The van der Waals surface area contributed by atoms with E-state index < -0.39 is 5.60 Å². The Labute approximate surface area is 104 Å². The molecule has 0 aliphatic heterocycles. The van der Waals surface area contributed by atoms with Gasteiger partial charge >= 0.3 is 0 Å². The molecule has 2 nitrogen and oxygen atoms in total. The Bertz CT molecular complexity index is 382. The predicted molar refractivity (Wildman–Crippen MR) is 66.5 cm³/mol. The van der Waals surface area contributed by atoms with Gasteiger partial charge in [-0.1, -0.05) is 20.8 Å². The van der Waals surface area contributed by atoms with Gasteiger partial charge in [-0.15, -0.1) is 0 Å². The zero-order chi connectivity index (χ0) is 12.6. The van der Waals surface area contributed by atoms with E-state index in [1.165, 1.54) is 12.8 Å². The molecule has 17 heavy (non-hydrogen) atoms. The Morgan fingerprint density at radius 1 is 1.18 bits per heavy atom. The van der Waals surface area contributed by atoms with Crippen LogP contribution in [0.4, 0.5) is 0 Å². The SMILES string of the molecule is C[C@@H]1CC[C@H]2C(C)(C)[C@H]3C[C@@]12CC(=O)[C@]3(C)O. The van der Waals surface area contributed by atoms with Crippen molar-refractivity contribution in [2.75, 3.05) is 0 Å². The van der Waals surface area contributed by atoms with Crippen molar-refractivity contribution in [1.29, 1.82) is 0 Å². The highest BCUT2D eigenvalue weighted by Gasteiger charge is 2.70. The quantitative estimate of drug-likeness (QED) is 0.702. The lowest BCUT2D eigenvalue weighted by molar-refractivity contribution is -0.152. The summed E-state index contributed by atoms with van der Waals surface area (Å²) in [6.07, 6.45) is 4.18. The number of Topliss-reactive ketones (excluding diaryl/α,β-unsaturated/α-hetero) is 1. The van der Waals surface area contributed by atoms with E-state index in [9.17, 15) is 9.90 Å². The third-order valence-corrected chi connectivity index (χ3v) is 6.68. The molecule has 0 unspecified atom stereocenters. The number of hydrogen-bond acceptors (Lipinski definition) is 2. The number of carbonyl (C=O) groups excluding carboxylic acids is 1. The van der Waals surface area contributed by atoms with Gasteiger partial charge in [-0.3, -0.25) is 4.79 Å². The molecule has 0 saturated heterocycles. The summed E-state index contributed by atoms with van der Waals surface area (Å²) < 4.78 is 0. The molecule has 0 aromatic rings. The minimum Gasteiger partial charge on any atom is -0.382 e. The lowest BCUT2D eigenvalue weighted by Crippen LogP contribution is -2.51. The molecule has 96 valence electrons. The van der Waals surface area contributed by atoms with Crippen LogP contribution in [0, 0.1) is 28.6 Å². The average Bonchev–Trinajstić information content (AvgIpc) is 2.61. The average molecular weight is 236 g/mol. The number of hydrogen-bond donors (Lipinski definition) is 1. The number of ketones is 1. The molecular weight excluding hydrogens is 212 g/mol. The third kappa shape index (κ3) is 1.13. The first-order valence-corrected chi connectivity index (χ1v) is 6.98. The van der Waals surface area contributed by atoms with Gasteiger partial charge in [-0.05, 0) is 48.9 Å². The fourth-order valence-corrected chi connectivity index (χ4v) is 5.64. The summed E-state index contributed by atoms with van der Waals surface area (Å²) in [5.41, 5.74) is -0.757. The molecule has 0 radical (unpaired) electrons. The minimum absolute atomic E-state index is 0.0954. The van der Waals surface area contributed by atoms with Gasteiger partial charge in [0.1, 0.15) is 5.60 Å². The molecule has 2 bridgehead atoms. The van der Waals surface area contributed by atoms with E-state index in [0.29, 0.717) is 18.3 Å². The topological polar surface area (TPSA) is 37.3 Å². The van der Waals surface area contributed by atoms with Gasteiger partial charge in [0.15, 0.2) is 5.78 Å². The van der Waals surface area contributed by atoms with E-state index in [1.54, 1.807) is 6.92 Å². The molecule has 3 saturated carbocycles. The number of fused-ring (bicyclic) bond motifs is 1. The third-order valence-electron chi connectivity index (χ3n) is 6.68. The first kappa shape index (κ1) is 11.7. The Morgan fingerprint density at radius 2 is 1.82 bits per heavy atom. The second-order valence-electron chi connectivity index (χ2n) is 7.59. The molecule has 2 heteroatoms. The van der Waals surface area contributed by atoms with Gasteiger partial charge in [0.2, 0.25) is 0 Å². The Morgan fingerprint density at radius 3 is 2.47 bits per heavy atom. The standard InChI is InChI=1S/C15H24O2/c1-9-5-6-10-13(2,3)11-7-15(9,10)8-12(16)14(11,4)17/h9-11,17H,5-8H2,1-4H3/t9-,10+,11-,14-,15-/m1/s1. The van der Waals surface area contributed by atoms with Crippen molar-refractivity contribution in [2.45, 2.75) is 59.0 Å². The van der Waals surface area contributed by atoms with E-state index in [1.807, 2.05) is 0 Å². The molecular formula is C15H24O2. The van der Waals surface area contributed by atoms with Crippen molar-refractivity contribution >= 4 is 5.78 Å². The summed E-state index contributed by atoms with van der Waals surface area (Å²) in [6.45, 7) is 8.61. The van der Waals surface area contributed by atoms with Crippen LogP contribution in [0.2, 0.25) is 0 Å². The summed E-state index contributed by atoms with van der Waals surface area (Å²) in [5, 5.41) is 10.6. The molecule has 3 fully saturated rings. The lowest BCUT2D eigenvalue weighted by Gasteiger charge is -2.42. The van der Waals surface area contributed by atoms with Crippen LogP contribution in [0.15, 0.2) is 0 Å². The van der Waals surface area contributed by atoms with Crippen molar-refractivity contribution in [1.82, 2.24) is 0 Å². The molecule has 0 aromatic heterocycles. The highest BCUT2D eigenvalue weighted by Crippen LogP contribution is 2.72. The van der Waals surface area contributed by atoms with Crippen molar-refractivity contribution < 1.29 is 9.90 Å². The highest BCUT2D eigenvalue weighted by molar-refractivity contribution is 5.89. The molecule has 0 aromatic carbocycles. The second kappa shape index (κ2) is 2.96. The van der Waals surface area contributed by atoms with Crippen molar-refractivity contribution in [3.8, 4) is 0 Å². The first-order chi connectivity index (χ1) is 7.73. The zero-order valence-corrected chi connectivity index (χ0v) is 11.4. The number of rotatable bonds is 0. The molecule has 3 aliphatic carbocycles. The monoisotopic (exact) mass is 236 g/mol. The molecule has 0 heterocycles. The van der Waals surface area contributed by atoms with E-state index in [4.69, 9.17) is 0 Å².